The zero-order valence-electron chi connectivity index (χ0n) is 15.4. The molecule has 5 nitrogen and oxygen atoms in total. The van der Waals surface area contributed by atoms with Crippen LogP contribution >= 0.6 is 11.8 Å². The minimum absolute atomic E-state index is 0.0768. The van der Waals surface area contributed by atoms with Gasteiger partial charge < -0.3 is 15.4 Å². The second kappa shape index (κ2) is 10.6. The normalized spacial score (nSPS) is 10.3. The van der Waals surface area contributed by atoms with Gasteiger partial charge in [-0.2, -0.15) is 0 Å². The molecule has 0 fully saturated rings. The van der Waals surface area contributed by atoms with E-state index in [4.69, 9.17) is 4.74 Å². The number of carbonyl (C=O) groups is 2. The maximum atomic E-state index is 13.5. The smallest absolute Gasteiger partial charge is 0.234 e. The average Bonchev–Trinajstić information content (AvgIpc) is 2.64. The van der Waals surface area contributed by atoms with Crippen LogP contribution in [-0.4, -0.2) is 37.0 Å². The number of carbonyl (C=O) groups excluding carboxylic acids is 2. The molecule has 0 spiro atoms. The minimum atomic E-state index is -0.486. The maximum Gasteiger partial charge on any atom is 0.234 e. The zero-order chi connectivity index (χ0) is 19.6. The van der Waals surface area contributed by atoms with E-state index in [2.05, 4.69) is 10.6 Å². The third-order valence-electron chi connectivity index (χ3n) is 3.77. The lowest BCUT2D eigenvalue weighted by Crippen LogP contribution is -2.28. The molecule has 2 rings (SSSR count). The molecule has 0 unspecified atom stereocenters. The molecule has 0 bridgehead atoms. The molecule has 0 radical (unpaired) electrons. The number of methoxy groups -OCH3 is 1. The van der Waals surface area contributed by atoms with Crippen LogP contribution in [0.4, 0.5) is 10.1 Å². The Labute approximate surface area is 162 Å². The quantitative estimate of drug-likeness (QED) is 0.690. The first-order chi connectivity index (χ1) is 13.0. The molecule has 0 atom stereocenters. The number of rotatable bonds is 9. The van der Waals surface area contributed by atoms with Gasteiger partial charge in [0.05, 0.1) is 24.3 Å². The third kappa shape index (κ3) is 6.94. The summed E-state index contributed by atoms with van der Waals surface area (Å²) in [5.41, 5.74) is 2.31. The van der Waals surface area contributed by atoms with Crippen LogP contribution in [0.3, 0.4) is 0 Å². The zero-order valence-corrected chi connectivity index (χ0v) is 16.2. The fourth-order valence-electron chi connectivity index (χ4n) is 2.48. The van der Waals surface area contributed by atoms with Crippen molar-refractivity contribution in [3.05, 3.63) is 59.4 Å². The van der Waals surface area contributed by atoms with E-state index in [0.717, 1.165) is 16.9 Å². The standard InChI is InChI=1S/C20H23FN2O3S/c1-14-7-8-18(26-2)15(11-14)9-10-22-19(24)12-27-13-20(25)23-17-6-4-3-5-16(17)21/h3-8,11H,9-10,12-13H2,1-2H3,(H,22,24)(H,23,25). The predicted octanol–water partition coefficient (Wildman–Crippen LogP) is 3.17. The number of ether oxygens (including phenoxy) is 1. The van der Waals surface area contributed by atoms with Gasteiger partial charge in [0.25, 0.3) is 0 Å². The van der Waals surface area contributed by atoms with Crippen molar-refractivity contribution in [2.24, 2.45) is 0 Å². The summed E-state index contributed by atoms with van der Waals surface area (Å²) in [6, 6.07) is 11.9. The molecular formula is C20H23FN2O3S. The predicted molar refractivity (Wildman–Crippen MR) is 107 cm³/mol. The summed E-state index contributed by atoms with van der Waals surface area (Å²) < 4.78 is 18.8. The molecule has 0 heterocycles. The first-order valence-electron chi connectivity index (χ1n) is 8.52. The first kappa shape index (κ1) is 20.8. The molecule has 0 aliphatic rings. The van der Waals surface area contributed by atoms with Gasteiger partial charge in [-0.3, -0.25) is 9.59 Å². The molecule has 7 heteroatoms. The van der Waals surface area contributed by atoms with E-state index in [-0.39, 0.29) is 29.0 Å². The largest absolute Gasteiger partial charge is 0.496 e. The van der Waals surface area contributed by atoms with Gasteiger partial charge in [0, 0.05) is 6.54 Å². The van der Waals surface area contributed by atoms with Gasteiger partial charge >= 0.3 is 0 Å². The van der Waals surface area contributed by atoms with Crippen molar-refractivity contribution in [2.45, 2.75) is 13.3 Å². The summed E-state index contributed by atoms with van der Waals surface area (Å²) in [6.45, 7) is 2.49. The summed E-state index contributed by atoms with van der Waals surface area (Å²) in [4.78, 5) is 23.7. The third-order valence-corrected chi connectivity index (χ3v) is 4.70. The van der Waals surface area contributed by atoms with E-state index in [1.165, 1.54) is 23.9 Å². The molecule has 0 aliphatic heterocycles. The van der Waals surface area contributed by atoms with Gasteiger partial charge in [0.2, 0.25) is 11.8 Å². The molecular weight excluding hydrogens is 367 g/mol. The van der Waals surface area contributed by atoms with E-state index in [0.29, 0.717) is 13.0 Å². The summed E-state index contributed by atoms with van der Waals surface area (Å²) in [6.07, 6.45) is 0.662. The summed E-state index contributed by atoms with van der Waals surface area (Å²) >= 11 is 1.18. The number of hydrogen-bond acceptors (Lipinski definition) is 4. The second-order valence-electron chi connectivity index (χ2n) is 5.94. The lowest BCUT2D eigenvalue weighted by atomic mass is 10.1. The van der Waals surface area contributed by atoms with Crippen LogP contribution in [0.15, 0.2) is 42.5 Å². The molecule has 2 aromatic rings. The highest BCUT2D eigenvalue weighted by Gasteiger charge is 2.09. The van der Waals surface area contributed by atoms with Crippen LogP contribution in [-0.2, 0) is 16.0 Å². The van der Waals surface area contributed by atoms with Gasteiger partial charge in [0.1, 0.15) is 11.6 Å². The fourth-order valence-corrected chi connectivity index (χ4v) is 3.12. The SMILES string of the molecule is COc1ccc(C)cc1CCNC(=O)CSCC(=O)Nc1ccccc1F. The number of halogens is 1. The van der Waals surface area contributed by atoms with Gasteiger partial charge in [-0.25, -0.2) is 4.39 Å². The van der Waals surface area contributed by atoms with Crippen LogP contribution in [0.25, 0.3) is 0 Å². The number of benzene rings is 2. The Morgan fingerprint density at radius 1 is 1.11 bits per heavy atom. The molecule has 0 saturated heterocycles. The number of nitrogens with one attached hydrogen (secondary N) is 2. The van der Waals surface area contributed by atoms with E-state index in [9.17, 15) is 14.0 Å². The molecule has 2 amide bonds. The lowest BCUT2D eigenvalue weighted by Gasteiger charge is -2.10. The molecule has 0 aliphatic carbocycles. The Morgan fingerprint density at radius 2 is 1.85 bits per heavy atom. The van der Waals surface area contributed by atoms with Gasteiger partial charge in [-0.1, -0.05) is 29.8 Å². The number of thioether (sulfide) groups is 1. The van der Waals surface area contributed by atoms with Gasteiger partial charge in [-0.05, 0) is 37.1 Å². The Hall–Kier alpha value is -2.54. The highest BCUT2D eigenvalue weighted by atomic mass is 32.2. The van der Waals surface area contributed by atoms with Crippen LogP contribution in [0.2, 0.25) is 0 Å². The Kier molecular flexibility index (Phi) is 8.13. The Morgan fingerprint density at radius 3 is 2.59 bits per heavy atom. The van der Waals surface area contributed by atoms with E-state index in [1.807, 2.05) is 25.1 Å². The Bertz CT molecular complexity index is 799. The number of aryl methyl sites for hydroxylation is 1. The fraction of sp³-hybridized carbons (Fsp3) is 0.300. The highest BCUT2D eigenvalue weighted by molar-refractivity contribution is 8.00. The monoisotopic (exact) mass is 390 g/mol. The number of anilines is 1. The molecule has 27 heavy (non-hydrogen) atoms. The first-order valence-corrected chi connectivity index (χ1v) is 9.67. The van der Waals surface area contributed by atoms with Crippen LogP contribution < -0.4 is 15.4 Å². The lowest BCUT2D eigenvalue weighted by molar-refractivity contribution is -0.118. The van der Waals surface area contributed by atoms with Gasteiger partial charge in [0.15, 0.2) is 0 Å². The van der Waals surface area contributed by atoms with E-state index in [1.54, 1.807) is 19.2 Å². The number of para-hydroxylation sites is 1. The molecule has 0 aromatic heterocycles. The average molecular weight is 390 g/mol. The van der Waals surface area contributed by atoms with Crippen molar-refractivity contribution in [3.8, 4) is 5.75 Å². The van der Waals surface area contributed by atoms with Crippen LogP contribution in [0.5, 0.6) is 5.75 Å². The van der Waals surface area contributed by atoms with Crippen molar-refractivity contribution in [1.82, 2.24) is 5.32 Å². The number of amides is 2. The van der Waals surface area contributed by atoms with Crippen molar-refractivity contribution in [2.75, 3.05) is 30.5 Å². The second-order valence-corrected chi connectivity index (χ2v) is 6.92. The minimum Gasteiger partial charge on any atom is -0.496 e. The van der Waals surface area contributed by atoms with Crippen molar-refractivity contribution in [1.29, 1.82) is 0 Å². The molecule has 2 aromatic carbocycles. The van der Waals surface area contributed by atoms with E-state index >= 15 is 0 Å². The highest BCUT2D eigenvalue weighted by Crippen LogP contribution is 2.19. The molecule has 0 saturated carbocycles. The maximum absolute atomic E-state index is 13.5. The molecule has 144 valence electrons. The van der Waals surface area contributed by atoms with E-state index < -0.39 is 5.82 Å². The summed E-state index contributed by atoms with van der Waals surface area (Å²) in [5, 5.41) is 5.31. The summed E-state index contributed by atoms with van der Waals surface area (Å²) in [7, 11) is 1.62. The van der Waals surface area contributed by atoms with Crippen LogP contribution in [0, 0.1) is 12.7 Å². The van der Waals surface area contributed by atoms with Crippen molar-refractivity contribution >= 4 is 29.3 Å². The van der Waals surface area contributed by atoms with Gasteiger partial charge in [-0.15, -0.1) is 11.8 Å². The van der Waals surface area contributed by atoms with Crippen molar-refractivity contribution in [3.63, 3.8) is 0 Å². The topological polar surface area (TPSA) is 67.4 Å². The number of hydrogen-bond donors (Lipinski definition) is 2. The van der Waals surface area contributed by atoms with Crippen LogP contribution in [0.1, 0.15) is 11.1 Å². The molecule has 2 N–H and O–H groups in total. The summed E-state index contributed by atoms with van der Waals surface area (Å²) in [5.74, 6) is 0.0604. The van der Waals surface area contributed by atoms with Crippen molar-refractivity contribution < 1.29 is 18.7 Å². The Balaban J connectivity index is 1.67.